The first-order valence-electron chi connectivity index (χ1n) is 5.62. The maximum absolute atomic E-state index is 11.9. The molecule has 0 radical (unpaired) electrons. The number of rotatable bonds is 3. The molecule has 1 aliphatic carbocycles. The van der Waals surface area contributed by atoms with Gasteiger partial charge in [-0.3, -0.25) is 9.59 Å². The first-order chi connectivity index (χ1) is 8.18. The van der Waals surface area contributed by atoms with E-state index in [4.69, 9.17) is 5.11 Å². The van der Waals surface area contributed by atoms with Crippen molar-refractivity contribution < 1.29 is 19.2 Å². The molecule has 92 valence electrons. The first kappa shape index (κ1) is 11.6. The second-order valence-corrected chi connectivity index (χ2v) is 4.21. The average molecular weight is 238 g/mol. The number of hydrogen-bond acceptors (Lipinski definition) is 4. The number of hydrogen-bond donors (Lipinski definition) is 2. The zero-order valence-electron chi connectivity index (χ0n) is 9.26. The number of carboxylic acid groups (broad SMARTS) is 1. The Labute approximate surface area is 98.0 Å². The van der Waals surface area contributed by atoms with Crippen LogP contribution in [0.15, 0.2) is 16.9 Å². The van der Waals surface area contributed by atoms with Crippen LogP contribution in [0, 0.1) is 11.8 Å². The minimum Gasteiger partial charge on any atom is -0.481 e. The number of carbonyl (C=O) groups excluding carboxylic acids is 1. The summed E-state index contributed by atoms with van der Waals surface area (Å²) in [5, 5.41) is 15.2. The van der Waals surface area contributed by atoms with E-state index in [0.29, 0.717) is 18.7 Å². The van der Waals surface area contributed by atoms with Crippen molar-refractivity contribution in [3.05, 3.63) is 12.3 Å². The fourth-order valence-corrected chi connectivity index (χ4v) is 2.24. The Bertz CT molecular complexity index is 402. The molecule has 1 heterocycles. The Morgan fingerprint density at radius 1 is 1.35 bits per heavy atom. The smallest absolute Gasteiger partial charge is 0.307 e. The fourth-order valence-electron chi connectivity index (χ4n) is 2.24. The van der Waals surface area contributed by atoms with Gasteiger partial charge in [-0.25, -0.2) is 0 Å². The van der Waals surface area contributed by atoms with Crippen molar-refractivity contribution in [2.45, 2.75) is 25.7 Å². The summed E-state index contributed by atoms with van der Waals surface area (Å²) in [7, 11) is 0. The number of aromatic nitrogens is 1. The Kier molecular flexibility index (Phi) is 3.41. The average Bonchev–Trinajstić information content (AvgIpc) is 2.81. The van der Waals surface area contributed by atoms with Crippen LogP contribution in [-0.2, 0) is 9.59 Å². The number of aliphatic carboxylic acids is 1. The summed E-state index contributed by atoms with van der Waals surface area (Å²) in [5.74, 6) is -1.92. The van der Waals surface area contributed by atoms with Crippen molar-refractivity contribution in [2.75, 3.05) is 5.32 Å². The maximum atomic E-state index is 11.9. The minimum atomic E-state index is -0.898. The van der Waals surface area contributed by atoms with Crippen LogP contribution in [0.3, 0.4) is 0 Å². The topological polar surface area (TPSA) is 92.4 Å². The van der Waals surface area contributed by atoms with Crippen molar-refractivity contribution in [3.63, 3.8) is 0 Å². The number of amides is 1. The molecule has 0 aromatic carbocycles. The van der Waals surface area contributed by atoms with E-state index in [-0.39, 0.29) is 5.91 Å². The molecule has 1 saturated carbocycles. The molecule has 0 saturated heterocycles. The third kappa shape index (κ3) is 2.64. The molecule has 2 N–H and O–H groups in total. The molecule has 1 amide bonds. The van der Waals surface area contributed by atoms with Crippen LogP contribution in [0.1, 0.15) is 25.7 Å². The summed E-state index contributed by atoms with van der Waals surface area (Å²) >= 11 is 0. The van der Waals surface area contributed by atoms with Crippen molar-refractivity contribution in [1.29, 1.82) is 0 Å². The van der Waals surface area contributed by atoms with Gasteiger partial charge in [0.25, 0.3) is 0 Å². The molecule has 1 aromatic rings. The summed E-state index contributed by atoms with van der Waals surface area (Å²) in [5.41, 5.74) is 0. The molecule has 2 atom stereocenters. The van der Waals surface area contributed by atoms with Crippen LogP contribution in [0.5, 0.6) is 0 Å². The normalized spacial score (nSPS) is 24.2. The summed E-state index contributed by atoms with van der Waals surface area (Å²) in [4.78, 5) is 23.0. The van der Waals surface area contributed by atoms with Gasteiger partial charge in [-0.2, -0.15) is 0 Å². The van der Waals surface area contributed by atoms with Gasteiger partial charge in [-0.1, -0.05) is 18.0 Å². The predicted octanol–water partition coefficient (Wildman–Crippen LogP) is 1.50. The Balaban J connectivity index is 2.03. The maximum Gasteiger partial charge on any atom is 0.307 e. The Morgan fingerprint density at radius 3 is 2.65 bits per heavy atom. The van der Waals surface area contributed by atoms with Crippen molar-refractivity contribution in [2.24, 2.45) is 11.8 Å². The number of carbonyl (C=O) groups is 2. The molecular weight excluding hydrogens is 224 g/mol. The molecule has 17 heavy (non-hydrogen) atoms. The van der Waals surface area contributed by atoms with E-state index in [1.165, 1.54) is 12.3 Å². The van der Waals surface area contributed by atoms with Gasteiger partial charge < -0.3 is 14.9 Å². The van der Waals surface area contributed by atoms with Crippen molar-refractivity contribution >= 4 is 17.7 Å². The highest BCUT2D eigenvalue weighted by molar-refractivity contribution is 5.94. The molecule has 1 aromatic heterocycles. The van der Waals surface area contributed by atoms with Crippen LogP contribution in [0.2, 0.25) is 0 Å². The minimum absolute atomic E-state index is 0.286. The second-order valence-electron chi connectivity index (χ2n) is 4.21. The molecule has 2 rings (SSSR count). The van der Waals surface area contributed by atoms with Crippen molar-refractivity contribution in [1.82, 2.24) is 5.16 Å². The lowest BCUT2D eigenvalue weighted by Gasteiger charge is -2.26. The van der Waals surface area contributed by atoms with E-state index >= 15 is 0 Å². The standard InChI is InChI=1S/C11H14N2O4/c14-10(12-9-5-6-17-13-9)7-3-1-2-4-8(7)11(15)16/h5-8H,1-4H2,(H,15,16)(H,12,13,14)/t7-,8-/m1/s1. The third-order valence-electron chi connectivity index (χ3n) is 3.11. The van der Waals surface area contributed by atoms with Gasteiger partial charge in [-0.15, -0.1) is 0 Å². The van der Waals surface area contributed by atoms with E-state index in [1.807, 2.05) is 0 Å². The van der Waals surface area contributed by atoms with E-state index in [2.05, 4.69) is 15.0 Å². The van der Waals surface area contributed by atoms with Gasteiger partial charge in [0.15, 0.2) is 5.82 Å². The monoisotopic (exact) mass is 238 g/mol. The van der Waals surface area contributed by atoms with Crippen LogP contribution in [0.25, 0.3) is 0 Å². The Morgan fingerprint density at radius 2 is 2.06 bits per heavy atom. The predicted molar refractivity (Wildman–Crippen MR) is 58.2 cm³/mol. The van der Waals surface area contributed by atoms with Crippen LogP contribution in [0.4, 0.5) is 5.82 Å². The van der Waals surface area contributed by atoms with E-state index < -0.39 is 17.8 Å². The molecule has 0 aliphatic heterocycles. The van der Waals surface area contributed by atoms with Crippen molar-refractivity contribution in [3.8, 4) is 0 Å². The highest BCUT2D eigenvalue weighted by atomic mass is 16.5. The van der Waals surface area contributed by atoms with Gasteiger partial charge in [0.2, 0.25) is 5.91 Å². The lowest BCUT2D eigenvalue weighted by atomic mass is 9.79. The molecule has 0 bridgehead atoms. The molecule has 0 unspecified atom stereocenters. The summed E-state index contributed by atoms with van der Waals surface area (Å²) in [6.07, 6.45) is 4.28. The summed E-state index contributed by atoms with van der Waals surface area (Å²) in [6, 6.07) is 1.52. The molecule has 1 aliphatic rings. The Hall–Kier alpha value is -1.85. The summed E-state index contributed by atoms with van der Waals surface area (Å²) in [6.45, 7) is 0. The zero-order valence-corrected chi connectivity index (χ0v) is 9.26. The number of nitrogens with zero attached hydrogens (tertiary/aromatic N) is 1. The van der Waals surface area contributed by atoms with Gasteiger partial charge >= 0.3 is 5.97 Å². The highest BCUT2D eigenvalue weighted by Crippen LogP contribution is 2.31. The van der Waals surface area contributed by atoms with E-state index in [1.54, 1.807) is 0 Å². The van der Waals surface area contributed by atoms with Crippen LogP contribution < -0.4 is 5.32 Å². The van der Waals surface area contributed by atoms with Gasteiger partial charge in [0, 0.05) is 6.07 Å². The van der Waals surface area contributed by atoms with E-state index in [9.17, 15) is 9.59 Å². The van der Waals surface area contributed by atoms with Crippen LogP contribution in [-0.4, -0.2) is 22.1 Å². The first-order valence-corrected chi connectivity index (χ1v) is 5.62. The molecule has 6 heteroatoms. The number of anilines is 1. The molecular formula is C11H14N2O4. The van der Waals surface area contributed by atoms with E-state index in [0.717, 1.165) is 12.8 Å². The lowest BCUT2D eigenvalue weighted by Crippen LogP contribution is -2.36. The largest absolute Gasteiger partial charge is 0.481 e. The molecule has 6 nitrogen and oxygen atoms in total. The molecule has 1 fully saturated rings. The van der Waals surface area contributed by atoms with Crippen LogP contribution >= 0.6 is 0 Å². The van der Waals surface area contributed by atoms with Gasteiger partial charge in [0.1, 0.15) is 6.26 Å². The fraction of sp³-hybridized carbons (Fsp3) is 0.545. The van der Waals surface area contributed by atoms with Gasteiger partial charge in [0.05, 0.1) is 11.8 Å². The van der Waals surface area contributed by atoms with Gasteiger partial charge in [-0.05, 0) is 12.8 Å². The SMILES string of the molecule is O=C(O)[C@@H]1CCCC[C@H]1C(=O)Nc1ccon1. The number of nitrogens with one attached hydrogen (secondary N) is 1. The second kappa shape index (κ2) is 4.99. The quantitative estimate of drug-likeness (QED) is 0.832. The number of carboxylic acids is 1. The zero-order chi connectivity index (χ0) is 12.3. The third-order valence-corrected chi connectivity index (χ3v) is 3.11. The lowest BCUT2D eigenvalue weighted by molar-refractivity contribution is -0.147. The molecule has 0 spiro atoms. The highest BCUT2D eigenvalue weighted by Gasteiger charge is 2.35. The summed E-state index contributed by atoms with van der Waals surface area (Å²) < 4.78 is 4.60.